The lowest BCUT2D eigenvalue weighted by atomic mass is 9.98. The Bertz CT molecular complexity index is 1470. The predicted octanol–water partition coefficient (Wildman–Crippen LogP) is 4.47. The fraction of sp³-hybridized carbons (Fsp3) is 0.222. The number of nitrogens with one attached hydrogen (secondary N) is 2. The highest BCUT2D eigenvalue weighted by atomic mass is 16.5. The molecule has 2 aromatic heterocycles. The van der Waals surface area contributed by atoms with Gasteiger partial charge >= 0.3 is 0 Å². The largest absolute Gasteiger partial charge is 0.465 e. The van der Waals surface area contributed by atoms with Crippen molar-refractivity contribution < 1.29 is 9.53 Å². The van der Waals surface area contributed by atoms with Crippen molar-refractivity contribution >= 4 is 16.9 Å². The van der Waals surface area contributed by atoms with E-state index < -0.39 is 0 Å². The van der Waals surface area contributed by atoms with Gasteiger partial charge in [-0.05, 0) is 52.6 Å². The van der Waals surface area contributed by atoms with Crippen molar-refractivity contribution in [2.24, 2.45) is 0 Å². The molecule has 0 atom stereocenters. The number of aromatic amines is 1. The second kappa shape index (κ2) is 10.4. The second-order valence-corrected chi connectivity index (χ2v) is 8.34. The van der Waals surface area contributed by atoms with Gasteiger partial charge in [0.05, 0.1) is 29.7 Å². The van der Waals surface area contributed by atoms with E-state index in [2.05, 4.69) is 55.2 Å². The molecule has 9 nitrogen and oxygen atoms in total. The number of benzene rings is 3. The standard InChI is InChI=1S/C27H27N7O2/c1-3-16-28-26(35)22-10-7-11-23-24(22)34(27(29-23)36-4-2)17-18-12-14-19(15-13-18)20-8-5-6-9-21(20)25-30-32-33-31-25/h5-15H,3-4,16-17H2,1-2H3,(H,28,35)(H,30,31,32,33). The van der Waals surface area contributed by atoms with E-state index in [1.165, 1.54) is 0 Å². The summed E-state index contributed by atoms with van der Waals surface area (Å²) in [6.07, 6.45) is 0.869. The monoisotopic (exact) mass is 481 g/mol. The fourth-order valence-corrected chi connectivity index (χ4v) is 4.25. The number of ether oxygens (including phenoxy) is 1. The average molecular weight is 482 g/mol. The molecule has 0 radical (unpaired) electrons. The summed E-state index contributed by atoms with van der Waals surface area (Å²) in [5, 5.41) is 17.3. The van der Waals surface area contributed by atoms with Gasteiger partial charge in [0.15, 0.2) is 5.82 Å². The van der Waals surface area contributed by atoms with Gasteiger partial charge in [-0.2, -0.15) is 4.98 Å². The molecular weight excluding hydrogens is 454 g/mol. The van der Waals surface area contributed by atoms with E-state index in [0.29, 0.717) is 37.1 Å². The lowest BCUT2D eigenvalue weighted by Crippen LogP contribution is -2.24. The Morgan fingerprint density at radius 3 is 2.53 bits per heavy atom. The highest BCUT2D eigenvalue weighted by molar-refractivity contribution is 6.05. The van der Waals surface area contributed by atoms with Crippen LogP contribution in [0.15, 0.2) is 66.7 Å². The fourth-order valence-electron chi connectivity index (χ4n) is 4.25. The smallest absolute Gasteiger partial charge is 0.297 e. The number of fused-ring (bicyclic) bond motifs is 1. The summed E-state index contributed by atoms with van der Waals surface area (Å²) in [6, 6.07) is 22.4. The molecule has 5 aromatic rings. The van der Waals surface area contributed by atoms with E-state index in [4.69, 9.17) is 4.74 Å². The molecule has 182 valence electrons. The van der Waals surface area contributed by atoms with Gasteiger partial charge in [-0.1, -0.05) is 61.5 Å². The van der Waals surface area contributed by atoms with E-state index in [1.54, 1.807) is 0 Å². The Hall–Kier alpha value is -4.53. The van der Waals surface area contributed by atoms with Crippen LogP contribution in [0.5, 0.6) is 6.01 Å². The van der Waals surface area contributed by atoms with E-state index >= 15 is 0 Å². The molecule has 0 spiro atoms. The van der Waals surface area contributed by atoms with Crippen LogP contribution in [0, 0.1) is 0 Å². The van der Waals surface area contributed by atoms with Crippen LogP contribution >= 0.6 is 0 Å². The van der Waals surface area contributed by atoms with Crippen molar-refractivity contribution in [2.75, 3.05) is 13.2 Å². The third-order valence-electron chi connectivity index (χ3n) is 5.92. The first kappa shape index (κ1) is 23.2. The third kappa shape index (κ3) is 4.55. The molecule has 5 rings (SSSR count). The summed E-state index contributed by atoms with van der Waals surface area (Å²) in [5.41, 5.74) is 6.14. The molecule has 0 saturated heterocycles. The number of rotatable bonds is 9. The van der Waals surface area contributed by atoms with Gasteiger partial charge in [-0.25, -0.2) is 5.10 Å². The third-order valence-corrected chi connectivity index (χ3v) is 5.92. The number of carbonyl (C=O) groups excluding carboxylic acids is 1. The lowest BCUT2D eigenvalue weighted by molar-refractivity contribution is 0.0955. The summed E-state index contributed by atoms with van der Waals surface area (Å²) in [7, 11) is 0. The van der Waals surface area contributed by atoms with Gasteiger partial charge in [0.25, 0.3) is 11.9 Å². The lowest BCUT2D eigenvalue weighted by Gasteiger charge is -2.13. The van der Waals surface area contributed by atoms with Crippen molar-refractivity contribution in [2.45, 2.75) is 26.8 Å². The van der Waals surface area contributed by atoms with E-state index in [9.17, 15) is 4.79 Å². The predicted molar refractivity (Wildman–Crippen MR) is 138 cm³/mol. The zero-order valence-electron chi connectivity index (χ0n) is 20.2. The van der Waals surface area contributed by atoms with Gasteiger partial charge in [0.1, 0.15) is 0 Å². The Balaban J connectivity index is 1.50. The highest BCUT2D eigenvalue weighted by Crippen LogP contribution is 2.31. The molecule has 9 heteroatoms. The number of hydrogen-bond acceptors (Lipinski definition) is 6. The maximum atomic E-state index is 12.9. The van der Waals surface area contributed by atoms with Crippen LogP contribution in [0.2, 0.25) is 0 Å². The highest BCUT2D eigenvalue weighted by Gasteiger charge is 2.19. The SMILES string of the molecule is CCCNC(=O)c1cccc2nc(OCC)n(Cc3ccc(-c4ccccc4-c4nnn[nH]4)cc3)c12. The number of aromatic nitrogens is 6. The number of tetrazole rings is 1. The maximum Gasteiger partial charge on any atom is 0.297 e. The normalized spacial score (nSPS) is 11.1. The van der Waals surface area contributed by atoms with Crippen LogP contribution in [0.4, 0.5) is 0 Å². The molecule has 2 heterocycles. The van der Waals surface area contributed by atoms with Crippen molar-refractivity contribution in [1.82, 2.24) is 35.5 Å². The van der Waals surface area contributed by atoms with Gasteiger partial charge in [0.2, 0.25) is 0 Å². The molecule has 0 bridgehead atoms. The number of H-pyrrole nitrogens is 1. The van der Waals surface area contributed by atoms with Gasteiger partial charge < -0.3 is 10.1 Å². The molecule has 0 unspecified atom stereocenters. The maximum absolute atomic E-state index is 12.9. The quantitative estimate of drug-likeness (QED) is 0.321. The number of amides is 1. The molecule has 0 aliphatic rings. The Morgan fingerprint density at radius 2 is 1.81 bits per heavy atom. The molecule has 2 N–H and O–H groups in total. The first-order valence-electron chi connectivity index (χ1n) is 12.0. The van der Waals surface area contributed by atoms with Crippen LogP contribution in [-0.2, 0) is 6.54 Å². The minimum atomic E-state index is -0.111. The van der Waals surface area contributed by atoms with E-state index in [1.807, 2.05) is 60.9 Å². The van der Waals surface area contributed by atoms with Crippen LogP contribution in [-0.4, -0.2) is 49.2 Å². The molecule has 0 fully saturated rings. The van der Waals surface area contributed by atoms with Crippen LogP contribution in [0.3, 0.4) is 0 Å². The zero-order chi connectivity index (χ0) is 24.9. The minimum absolute atomic E-state index is 0.111. The Labute approximate surface area is 208 Å². The average Bonchev–Trinajstić information content (AvgIpc) is 3.57. The van der Waals surface area contributed by atoms with Crippen LogP contribution in [0.25, 0.3) is 33.5 Å². The summed E-state index contributed by atoms with van der Waals surface area (Å²) in [6.45, 7) is 5.57. The molecule has 36 heavy (non-hydrogen) atoms. The van der Waals surface area contributed by atoms with Crippen LogP contribution in [0.1, 0.15) is 36.2 Å². The summed E-state index contributed by atoms with van der Waals surface area (Å²) in [5.74, 6) is 0.510. The molecule has 0 saturated carbocycles. The molecule has 1 amide bonds. The zero-order valence-corrected chi connectivity index (χ0v) is 20.2. The topological polar surface area (TPSA) is 111 Å². The van der Waals surface area contributed by atoms with Gasteiger partial charge in [-0.15, -0.1) is 5.10 Å². The van der Waals surface area contributed by atoms with Crippen molar-refractivity contribution in [3.8, 4) is 28.5 Å². The molecule has 0 aliphatic heterocycles. The second-order valence-electron chi connectivity index (χ2n) is 8.34. The number of imidazole rings is 1. The minimum Gasteiger partial charge on any atom is -0.465 e. The molecule has 0 aliphatic carbocycles. The van der Waals surface area contributed by atoms with E-state index in [-0.39, 0.29) is 5.91 Å². The molecular formula is C27H27N7O2. The first-order chi connectivity index (χ1) is 17.7. The summed E-state index contributed by atoms with van der Waals surface area (Å²) >= 11 is 0. The number of nitrogens with zero attached hydrogens (tertiary/aromatic N) is 5. The van der Waals surface area contributed by atoms with E-state index in [0.717, 1.165) is 39.7 Å². The summed E-state index contributed by atoms with van der Waals surface area (Å²) in [4.78, 5) is 17.6. The number of para-hydroxylation sites is 1. The number of carbonyl (C=O) groups is 1. The van der Waals surface area contributed by atoms with Crippen molar-refractivity contribution in [1.29, 1.82) is 0 Å². The van der Waals surface area contributed by atoms with Gasteiger partial charge in [0, 0.05) is 12.1 Å². The first-order valence-corrected chi connectivity index (χ1v) is 12.0. The van der Waals surface area contributed by atoms with Gasteiger partial charge in [-0.3, -0.25) is 9.36 Å². The van der Waals surface area contributed by atoms with Crippen LogP contribution < -0.4 is 10.1 Å². The molecule has 3 aromatic carbocycles. The number of hydrogen-bond donors (Lipinski definition) is 2. The van der Waals surface area contributed by atoms with Crippen molar-refractivity contribution in [3.05, 3.63) is 77.9 Å². The summed E-state index contributed by atoms with van der Waals surface area (Å²) < 4.78 is 7.83. The Morgan fingerprint density at radius 1 is 1.00 bits per heavy atom. The Kier molecular flexibility index (Phi) is 6.70. The van der Waals surface area contributed by atoms with Crippen molar-refractivity contribution in [3.63, 3.8) is 0 Å².